The van der Waals surface area contributed by atoms with E-state index < -0.39 is 12.0 Å². The van der Waals surface area contributed by atoms with Gasteiger partial charge in [-0.15, -0.1) is 11.3 Å². The molecule has 3 aromatic rings. The zero-order chi connectivity index (χ0) is 21.3. The smallest absolute Gasteiger partial charge is 0.338 e. The Balaban J connectivity index is 1.88. The second-order valence-electron chi connectivity index (χ2n) is 7.50. The molecule has 0 spiro atoms. The summed E-state index contributed by atoms with van der Waals surface area (Å²) in [6, 6.07) is 13.1. The van der Waals surface area contributed by atoms with Crippen LogP contribution in [0, 0.1) is 5.92 Å². The summed E-state index contributed by atoms with van der Waals surface area (Å²) in [5.41, 5.74) is 1.82. The van der Waals surface area contributed by atoms with Gasteiger partial charge < -0.3 is 4.74 Å². The fourth-order valence-corrected chi connectivity index (χ4v) is 5.19. The number of benzene rings is 1. The molecular formula is C23H22N2O3S2. The minimum atomic E-state index is -0.529. The summed E-state index contributed by atoms with van der Waals surface area (Å²) in [6.45, 7) is 6.11. The van der Waals surface area contributed by atoms with Crippen molar-refractivity contribution in [2.24, 2.45) is 10.9 Å². The highest BCUT2D eigenvalue weighted by molar-refractivity contribution is 7.10. The lowest BCUT2D eigenvalue weighted by Gasteiger charge is -2.23. The second-order valence-corrected chi connectivity index (χ2v) is 9.49. The minimum absolute atomic E-state index is 0.150. The number of hydrogen-bond acceptors (Lipinski definition) is 6. The van der Waals surface area contributed by atoms with Crippen LogP contribution in [0.15, 0.2) is 68.9 Å². The van der Waals surface area contributed by atoms with Crippen LogP contribution >= 0.6 is 22.7 Å². The molecule has 1 aromatic carbocycles. The minimum Gasteiger partial charge on any atom is -0.462 e. The van der Waals surface area contributed by atoms with E-state index in [9.17, 15) is 9.59 Å². The number of carbonyl (C=O) groups is 1. The van der Waals surface area contributed by atoms with Crippen molar-refractivity contribution in [3.05, 3.63) is 89.2 Å². The highest BCUT2D eigenvalue weighted by Crippen LogP contribution is 2.33. The molecule has 4 rings (SSSR count). The summed E-state index contributed by atoms with van der Waals surface area (Å²) in [4.78, 5) is 32.5. The van der Waals surface area contributed by atoms with Crippen LogP contribution in [-0.2, 0) is 9.53 Å². The lowest BCUT2D eigenvalue weighted by Crippen LogP contribution is -2.39. The number of nitrogens with zero attached hydrogens (tertiary/aromatic N) is 2. The van der Waals surface area contributed by atoms with Crippen molar-refractivity contribution in [2.45, 2.75) is 26.8 Å². The highest BCUT2D eigenvalue weighted by Gasteiger charge is 2.34. The molecule has 7 heteroatoms. The number of aromatic nitrogens is 1. The van der Waals surface area contributed by atoms with Gasteiger partial charge >= 0.3 is 5.97 Å². The highest BCUT2D eigenvalue weighted by atomic mass is 32.1. The molecule has 30 heavy (non-hydrogen) atoms. The molecule has 0 aliphatic carbocycles. The molecule has 0 unspecified atom stereocenters. The predicted molar refractivity (Wildman–Crippen MR) is 120 cm³/mol. The van der Waals surface area contributed by atoms with Crippen molar-refractivity contribution in [3.8, 4) is 0 Å². The molecule has 154 valence electrons. The van der Waals surface area contributed by atoms with E-state index >= 15 is 0 Å². The molecule has 0 fully saturated rings. The number of rotatable bonds is 5. The van der Waals surface area contributed by atoms with Gasteiger partial charge in [-0.25, -0.2) is 9.79 Å². The second kappa shape index (κ2) is 8.53. The molecular weight excluding hydrogens is 416 g/mol. The molecule has 0 N–H and O–H groups in total. The SMILES string of the molecule is CC1=C(C(=O)OCC(C)C)[C@H](c2cccs2)n2c(s/c(=C/c3ccccc3)c2=O)=N1. The summed E-state index contributed by atoms with van der Waals surface area (Å²) in [5.74, 6) is -0.192. The quantitative estimate of drug-likeness (QED) is 0.573. The largest absolute Gasteiger partial charge is 0.462 e. The summed E-state index contributed by atoms with van der Waals surface area (Å²) < 4.78 is 7.75. The maximum absolute atomic E-state index is 13.4. The first-order valence-electron chi connectivity index (χ1n) is 9.74. The van der Waals surface area contributed by atoms with E-state index in [1.807, 2.05) is 67.8 Å². The molecule has 0 saturated heterocycles. The van der Waals surface area contributed by atoms with E-state index in [1.54, 1.807) is 11.5 Å². The van der Waals surface area contributed by atoms with Crippen LogP contribution in [0.1, 0.15) is 37.3 Å². The number of esters is 1. The van der Waals surface area contributed by atoms with E-state index in [4.69, 9.17) is 4.74 Å². The number of ether oxygens (including phenoxy) is 1. The third-order valence-corrected chi connectivity index (χ3v) is 6.61. The van der Waals surface area contributed by atoms with Gasteiger partial charge in [-0.2, -0.15) is 0 Å². The Morgan fingerprint density at radius 1 is 1.23 bits per heavy atom. The van der Waals surface area contributed by atoms with E-state index in [1.165, 1.54) is 22.7 Å². The maximum atomic E-state index is 13.4. The molecule has 3 heterocycles. The first-order valence-corrected chi connectivity index (χ1v) is 11.4. The number of hydrogen-bond donors (Lipinski definition) is 0. The van der Waals surface area contributed by atoms with E-state index in [0.29, 0.717) is 27.2 Å². The number of thiazole rings is 1. The van der Waals surface area contributed by atoms with Crippen molar-refractivity contribution < 1.29 is 9.53 Å². The maximum Gasteiger partial charge on any atom is 0.338 e. The fourth-order valence-electron chi connectivity index (χ4n) is 3.32. The molecule has 2 aromatic heterocycles. The monoisotopic (exact) mass is 438 g/mol. The Morgan fingerprint density at radius 3 is 2.67 bits per heavy atom. The molecule has 0 bridgehead atoms. The van der Waals surface area contributed by atoms with Gasteiger partial charge in [0, 0.05) is 4.88 Å². The third kappa shape index (κ3) is 3.95. The van der Waals surface area contributed by atoms with Crippen LogP contribution in [0.2, 0.25) is 0 Å². The Morgan fingerprint density at radius 2 is 2.00 bits per heavy atom. The zero-order valence-corrected chi connectivity index (χ0v) is 18.6. The summed E-state index contributed by atoms with van der Waals surface area (Å²) >= 11 is 2.85. The van der Waals surface area contributed by atoms with Crippen molar-refractivity contribution in [1.29, 1.82) is 0 Å². The fraction of sp³-hybridized carbons (Fsp3) is 0.261. The number of allylic oxidation sites excluding steroid dienone is 1. The van der Waals surface area contributed by atoms with Crippen LogP contribution in [-0.4, -0.2) is 17.1 Å². The van der Waals surface area contributed by atoms with Gasteiger partial charge in [0.25, 0.3) is 5.56 Å². The molecule has 5 nitrogen and oxygen atoms in total. The molecule has 1 aliphatic heterocycles. The van der Waals surface area contributed by atoms with E-state index in [-0.39, 0.29) is 11.5 Å². The van der Waals surface area contributed by atoms with Gasteiger partial charge in [0.15, 0.2) is 4.80 Å². The van der Waals surface area contributed by atoms with Crippen molar-refractivity contribution in [1.82, 2.24) is 4.57 Å². The van der Waals surface area contributed by atoms with Crippen LogP contribution in [0.3, 0.4) is 0 Å². The van der Waals surface area contributed by atoms with Crippen LogP contribution in [0.25, 0.3) is 6.08 Å². The average molecular weight is 439 g/mol. The Hall–Kier alpha value is -2.77. The molecule has 0 radical (unpaired) electrons. The molecule has 0 saturated carbocycles. The van der Waals surface area contributed by atoms with Crippen LogP contribution in [0.4, 0.5) is 0 Å². The van der Waals surface area contributed by atoms with Gasteiger partial charge in [0.1, 0.15) is 6.04 Å². The van der Waals surface area contributed by atoms with Gasteiger partial charge in [-0.3, -0.25) is 9.36 Å². The van der Waals surface area contributed by atoms with Gasteiger partial charge in [-0.1, -0.05) is 61.6 Å². The predicted octanol–water partition coefficient (Wildman–Crippen LogP) is 3.50. The summed E-state index contributed by atoms with van der Waals surface area (Å²) in [7, 11) is 0. The van der Waals surface area contributed by atoms with Crippen molar-refractivity contribution in [3.63, 3.8) is 0 Å². The Bertz CT molecular complexity index is 1270. The summed E-state index contributed by atoms with van der Waals surface area (Å²) in [6.07, 6.45) is 1.87. The van der Waals surface area contributed by atoms with Crippen LogP contribution in [0.5, 0.6) is 0 Å². The molecule has 1 aliphatic rings. The lowest BCUT2D eigenvalue weighted by atomic mass is 10.0. The number of thiophene rings is 1. The van der Waals surface area contributed by atoms with E-state index in [0.717, 1.165) is 10.4 Å². The van der Waals surface area contributed by atoms with E-state index in [2.05, 4.69) is 4.99 Å². The standard InChI is InChI=1S/C23H22N2O3S2/c1-14(2)13-28-22(27)19-15(3)24-23-25(20(19)17-10-7-11-29-17)21(26)18(30-23)12-16-8-5-4-6-9-16/h4-12,14,20H,13H2,1-3H3/b18-12+/t20-/m0/s1. The number of fused-ring (bicyclic) bond motifs is 1. The topological polar surface area (TPSA) is 60.7 Å². The third-order valence-electron chi connectivity index (χ3n) is 4.70. The zero-order valence-electron chi connectivity index (χ0n) is 17.0. The van der Waals surface area contributed by atoms with Gasteiger partial charge in [0.05, 0.1) is 22.4 Å². The molecule has 1 atom stereocenters. The Kier molecular flexibility index (Phi) is 5.83. The van der Waals surface area contributed by atoms with Crippen molar-refractivity contribution >= 4 is 34.7 Å². The molecule has 0 amide bonds. The Labute approximate surface area is 182 Å². The first-order chi connectivity index (χ1) is 14.5. The lowest BCUT2D eigenvalue weighted by molar-refractivity contribution is -0.140. The van der Waals surface area contributed by atoms with Gasteiger partial charge in [0.2, 0.25) is 0 Å². The van der Waals surface area contributed by atoms with Crippen LogP contribution < -0.4 is 14.9 Å². The number of carbonyl (C=O) groups excluding carboxylic acids is 1. The first kappa shape index (κ1) is 20.5. The average Bonchev–Trinajstić information content (AvgIpc) is 3.35. The van der Waals surface area contributed by atoms with Gasteiger partial charge in [-0.05, 0) is 35.9 Å². The normalized spacial score (nSPS) is 16.5. The summed E-state index contributed by atoms with van der Waals surface area (Å²) in [5, 5.41) is 1.95. The van der Waals surface area contributed by atoms with Crippen molar-refractivity contribution in [2.75, 3.05) is 6.61 Å².